The molecule has 0 aliphatic heterocycles. The van der Waals surface area contributed by atoms with Crippen LogP contribution >= 0.6 is 0 Å². The summed E-state index contributed by atoms with van der Waals surface area (Å²) in [7, 11) is -3.60. The first-order chi connectivity index (χ1) is 7.97. The molecule has 0 amide bonds. The summed E-state index contributed by atoms with van der Waals surface area (Å²) in [6.45, 7) is 5.99. The van der Waals surface area contributed by atoms with Crippen LogP contribution in [0.1, 0.15) is 18.4 Å². The van der Waals surface area contributed by atoms with Crippen molar-refractivity contribution in [3.63, 3.8) is 0 Å². The Bertz CT molecular complexity index is 506. The van der Waals surface area contributed by atoms with Crippen molar-refractivity contribution in [2.24, 2.45) is 5.92 Å². The Morgan fingerprint density at radius 1 is 1.29 bits per heavy atom. The maximum absolute atomic E-state index is 11.8. The summed E-state index contributed by atoms with van der Waals surface area (Å²) in [5.41, 5.74) is 2.20. The zero-order valence-electron chi connectivity index (χ0n) is 9.85. The van der Waals surface area contributed by atoms with Gasteiger partial charge in [-0.15, -0.1) is 0 Å². The monoisotopic (exact) mass is 252 g/mol. The van der Waals surface area contributed by atoms with Gasteiger partial charge in [-0.3, -0.25) is 4.18 Å². The van der Waals surface area contributed by atoms with Crippen molar-refractivity contribution in [2.75, 3.05) is 6.61 Å². The fraction of sp³-hybridized carbons (Fsp3) is 0.385. The highest BCUT2D eigenvalue weighted by molar-refractivity contribution is 7.86. The van der Waals surface area contributed by atoms with E-state index in [0.717, 1.165) is 18.4 Å². The van der Waals surface area contributed by atoms with Crippen LogP contribution in [0.3, 0.4) is 0 Å². The molecular weight excluding hydrogens is 236 g/mol. The first-order valence-electron chi connectivity index (χ1n) is 5.60. The molecule has 0 unspecified atom stereocenters. The van der Waals surface area contributed by atoms with Crippen LogP contribution in [0, 0.1) is 12.8 Å². The predicted octanol–water partition coefficient (Wildman–Crippen LogP) is 2.67. The molecule has 1 aliphatic carbocycles. The highest BCUT2D eigenvalue weighted by atomic mass is 32.2. The Labute approximate surface area is 102 Å². The van der Waals surface area contributed by atoms with Crippen molar-refractivity contribution in [1.82, 2.24) is 0 Å². The molecule has 0 aromatic heterocycles. The third-order valence-electron chi connectivity index (χ3n) is 2.92. The van der Waals surface area contributed by atoms with Crippen LogP contribution in [0.25, 0.3) is 0 Å². The summed E-state index contributed by atoms with van der Waals surface area (Å²) < 4.78 is 28.7. The Morgan fingerprint density at radius 2 is 1.88 bits per heavy atom. The van der Waals surface area contributed by atoms with Crippen molar-refractivity contribution in [1.29, 1.82) is 0 Å². The van der Waals surface area contributed by atoms with E-state index in [9.17, 15) is 8.42 Å². The third-order valence-corrected chi connectivity index (χ3v) is 4.22. The van der Waals surface area contributed by atoms with Gasteiger partial charge in [-0.05, 0) is 37.8 Å². The van der Waals surface area contributed by atoms with E-state index >= 15 is 0 Å². The van der Waals surface area contributed by atoms with Gasteiger partial charge in [-0.25, -0.2) is 0 Å². The Kier molecular flexibility index (Phi) is 3.35. The summed E-state index contributed by atoms with van der Waals surface area (Å²) >= 11 is 0. The fourth-order valence-corrected chi connectivity index (χ4v) is 2.81. The van der Waals surface area contributed by atoms with E-state index in [1.54, 1.807) is 24.3 Å². The van der Waals surface area contributed by atoms with Crippen molar-refractivity contribution in [3.8, 4) is 0 Å². The molecule has 0 bridgehead atoms. The molecule has 0 heterocycles. The lowest BCUT2D eigenvalue weighted by atomic mass is 9.82. The SMILES string of the molecule is C=C1CC(COS(=O)(=O)c2ccc(C)cc2)C1. The number of allylic oxidation sites excluding steroid dienone is 1. The summed E-state index contributed by atoms with van der Waals surface area (Å²) in [4.78, 5) is 0.223. The normalized spacial score (nSPS) is 16.9. The fourth-order valence-electron chi connectivity index (χ4n) is 1.83. The summed E-state index contributed by atoms with van der Waals surface area (Å²) in [6, 6.07) is 6.68. The van der Waals surface area contributed by atoms with E-state index in [0.29, 0.717) is 5.92 Å². The van der Waals surface area contributed by atoms with Gasteiger partial charge >= 0.3 is 0 Å². The van der Waals surface area contributed by atoms with E-state index in [1.807, 2.05) is 6.92 Å². The predicted molar refractivity (Wildman–Crippen MR) is 66.2 cm³/mol. The quantitative estimate of drug-likeness (QED) is 0.611. The second-order valence-electron chi connectivity index (χ2n) is 4.58. The molecule has 1 aromatic carbocycles. The third kappa shape index (κ3) is 2.96. The molecule has 3 nitrogen and oxygen atoms in total. The number of hydrogen-bond donors (Lipinski definition) is 0. The molecule has 1 fully saturated rings. The molecular formula is C13H16O3S. The molecule has 0 N–H and O–H groups in total. The first-order valence-corrected chi connectivity index (χ1v) is 7.01. The molecule has 0 spiro atoms. The number of hydrogen-bond acceptors (Lipinski definition) is 3. The number of benzene rings is 1. The zero-order valence-corrected chi connectivity index (χ0v) is 10.7. The standard InChI is InChI=1S/C13H16O3S/c1-10-3-5-13(6-4-10)17(14,15)16-9-12-7-11(2)8-12/h3-6,12H,2,7-9H2,1H3. The maximum atomic E-state index is 11.8. The second-order valence-corrected chi connectivity index (χ2v) is 6.19. The van der Waals surface area contributed by atoms with Crippen LogP contribution in [0.15, 0.2) is 41.3 Å². The van der Waals surface area contributed by atoms with Crippen LogP contribution in [-0.4, -0.2) is 15.0 Å². The van der Waals surface area contributed by atoms with E-state index < -0.39 is 10.1 Å². The Balaban J connectivity index is 1.98. The average molecular weight is 252 g/mol. The molecule has 1 aromatic rings. The van der Waals surface area contributed by atoms with Crippen LogP contribution in [0.4, 0.5) is 0 Å². The molecule has 0 saturated heterocycles. The van der Waals surface area contributed by atoms with Crippen molar-refractivity contribution in [3.05, 3.63) is 42.0 Å². The highest BCUT2D eigenvalue weighted by Gasteiger charge is 2.24. The molecule has 92 valence electrons. The summed E-state index contributed by atoms with van der Waals surface area (Å²) in [5, 5.41) is 0. The van der Waals surface area contributed by atoms with Crippen LogP contribution in [-0.2, 0) is 14.3 Å². The van der Waals surface area contributed by atoms with Crippen molar-refractivity contribution < 1.29 is 12.6 Å². The van der Waals surface area contributed by atoms with Crippen LogP contribution in [0.5, 0.6) is 0 Å². The number of aryl methyl sites for hydroxylation is 1. The highest BCUT2D eigenvalue weighted by Crippen LogP contribution is 2.32. The van der Waals surface area contributed by atoms with Gasteiger partial charge in [0.2, 0.25) is 0 Å². The minimum atomic E-state index is -3.60. The van der Waals surface area contributed by atoms with Gasteiger partial charge in [0, 0.05) is 0 Å². The Morgan fingerprint density at radius 3 is 2.41 bits per heavy atom. The first kappa shape index (κ1) is 12.3. The van der Waals surface area contributed by atoms with Gasteiger partial charge in [-0.2, -0.15) is 8.42 Å². The van der Waals surface area contributed by atoms with Crippen molar-refractivity contribution in [2.45, 2.75) is 24.7 Å². The molecule has 4 heteroatoms. The molecule has 2 rings (SSSR count). The van der Waals surface area contributed by atoms with E-state index in [-0.39, 0.29) is 11.5 Å². The molecule has 17 heavy (non-hydrogen) atoms. The van der Waals surface area contributed by atoms with Gasteiger partial charge in [-0.1, -0.05) is 29.8 Å². The lowest BCUT2D eigenvalue weighted by Gasteiger charge is -2.27. The van der Waals surface area contributed by atoms with Crippen LogP contribution < -0.4 is 0 Å². The van der Waals surface area contributed by atoms with E-state index in [1.165, 1.54) is 5.57 Å². The maximum Gasteiger partial charge on any atom is 0.296 e. The molecule has 0 radical (unpaired) electrons. The van der Waals surface area contributed by atoms with Crippen LogP contribution in [0.2, 0.25) is 0 Å². The molecule has 0 atom stereocenters. The summed E-state index contributed by atoms with van der Waals surface area (Å²) in [5.74, 6) is 0.308. The largest absolute Gasteiger partial charge is 0.296 e. The van der Waals surface area contributed by atoms with Crippen molar-refractivity contribution >= 4 is 10.1 Å². The molecule has 1 aliphatic rings. The van der Waals surface area contributed by atoms with Gasteiger partial charge in [0.25, 0.3) is 10.1 Å². The minimum absolute atomic E-state index is 0.223. The van der Waals surface area contributed by atoms with Gasteiger partial charge in [0.05, 0.1) is 11.5 Å². The van der Waals surface area contributed by atoms with Gasteiger partial charge in [0.1, 0.15) is 0 Å². The minimum Gasteiger partial charge on any atom is -0.266 e. The lowest BCUT2D eigenvalue weighted by molar-refractivity contribution is 0.223. The van der Waals surface area contributed by atoms with Gasteiger partial charge < -0.3 is 0 Å². The molecule has 1 saturated carbocycles. The van der Waals surface area contributed by atoms with Gasteiger partial charge in [0.15, 0.2) is 0 Å². The zero-order chi connectivity index (χ0) is 12.5. The summed E-state index contributed by atoms with van der Waals surface area (Å²) in [6.07, 6.45) is 1.76. The Hall–Kier alpha value is -1.13. The number of rotatable bonds is 4. The lowest BCUT2D eigenvalue weighted by Crippen LogP contribution is -2.22. The van der Waals surface area contributed by atoms with E-state index in [4.69, 9.17) is 4.18 Å². The van der Waals surface area contributed by atoms with E-state index in [2.05, 4.69) is 6.58 Å². The smallest absolute Gasteiger partial charge is 0.266 e. The average Bonchev–Trinajstić information content (AvgIpc) is 2.23. The second kappa shape index (κ2) is 4.63. The topological polar surface area (TPSA) is 43.4 Å².